The van der Waals surface area contributed by atoms with Gasteiger partial charge >= 0.3 is 0 Å². The molecule has 0 aromatic carbocycles. The van der Waals surface area contributed by atoms with Crippen molar-refractivity contribution >= 4 is 11.6 Å². The van der Waals surface area contributed by atoms with E-state index >= 15 is 0 Å². The number of hydrogen-bond donors (Lipinski definition) is 0. The van der Waals surface area contributed by atoms with Crippen LogP contribution in [0.1, 0.15) is 28.9 Å². The monoisotopic (exact) mass is 321 g/mol. The van der Waals surface area contributed by atoms with Crippen molar-refractivity contribution < 1.29 is 4.79 Å². The number of hydrogen-bond acceptors (Lipinski definition) is 4. The molecule has 1 fully saturated rings. The largest absolute Gasteiger partial charge is 0.338 e. The van der Waals surface area contributed by atoms with E-state index in [4.69, 9.17) is 0 Å². The van der Waals surface area contributed by atoms with E-state index in [9.17, 15) is 4.79 Å². The van der Waals surface area contributed by atoms with Crippen molar-refractivity contribution in [1.82, 2.24) is 24.5 Å². The molecule has 4 rings (SSSR count). The first-order chi connectivity index (χ1) is 11.8. The van der Waals surface area contributed by atoms with Crippen LogP contribution in [0.3, 0.4) is 0 Å². The normalized spacial score (nSPS) is 18.0. The highest BCUT2D eigenvalue weighted by molar-refractivity contribution is 5.99. The van der Waals surface area contributed by atoms with E-state index in [0.29, 0.717) is 17.1 Å². The van der Waals surface area contributed by atoms with Gasteiger partial charge in [0.25, 0.3) is 5.91 Å². The summed E-state index contributed by atoms with van der Waals surface area (Å²) in [5.41, 5.74) is 2.29. The Bertz CT molecular complexity index is 845. The lowest BCUT2D eigenvalue weighted by molar-refractivity contribution is 0.0674. The van der Waals surface area contributed by atoms with E-state index in [1.165, 1.54) is 0 Å². The maximum atomic E-state index is 12.9. The third-order valence-electron chi connectivity index (χ3n) is 4.54. The van der Waals surface area contributed by atoms with E-state index in [-0.39, 0.29) is 5.91 Å². The highest BCUT2D eigenvalue weighted by Crippen LogP contribution is 2.22. The van der Waals surface area contributed by atoms with Gasteiger partial charge in [-0.2, -0.15) is 5.10 Å². The molecule has 1 atom stereocenters. The topological polar surface area (TPSA) is 63.4 Å². The lowest BCUT2D eigenvalue weighted by Crippen LogP contribution is -2.40. The second-order valence-electron chi connectivity index (χ2n) is 6.23. The molecule has 0 spiro atoms. The molecule has 1 unspecified atom stereocenters. The quantitative estimate of drug-likeness (QED) is 0.742. The van der Waals surface area contributed by atoms with Gasteiger partial charge in [0, 0.05) is 37.4 Å². The van der Waals surface area contributed by atoms with Gasteiger partial charge in [-0.25, -0.2) is 9.50 Å². The number of aromatic nitrogens is 4. The average Bonchev–Trinajstić information content (AvgIpc) is 3.06. The van der Waals surface area contributed by atoms with Crippen LogP contribution in [0.2, 0.25) is 0 Å². The minimum Gasteiger partial charge on any atom is -0.338 e. The van der Waals surface area contributed by atoms with Crippen molar-refractivity contribution in [2.45, 2.75) is 19.3 Å². The van der Waals surface area contributed by atoms with Crippen LogP contribution in [0.5, 0.6) is 0 Å². The van der Waals surface area contributed by atoms with Crippen LogP contribution in [0, 0.1) is 5.92 Å². The first-order valence-corrected chi connectivity index (χ1v) is 8.29. The number of rotatable bonds is 3. The fourth-order valence-corrected chi connectivity index (χ4v) is 3.38. The van der Waals surface area contributed by atoms with Crippen molar-refractivity contribution in [3.63, 3.8) is 0 Å². The Morgan fingerprint density at radius 1 is 1.21 bits per heavy atom. The zero-order valence-corrected chi connectivity index (χ0v) is 13.4. The number of amides is 1. The first kappa shape index (κ1) is 14.8. The molecular weight excluding hydrogens is 302 g/mol. The Morgan fingerprint density at radius 2 is 2.12 bits per heavy atom. The molecule has 1 aliphatic rings. The Kier molecular flexibility index (Phi) is 3.94. The summed E-state index contributed by atoms with van der Waals surface area (Å²) in [5, 5.41) is 4.22. The van der Waals surface area contributed by atoms with Crippen LogP contribution in [0.15, 0.2) is 49.1 Å². The third-order valence-corrected chi connectivity index (χ3v) is 4.54. The number of piperidine rings is 1. The molecule has 0 radical (unpaired) electrons. The smallest absolute Gasteiger partial charge is 0.259 e. The van der Waals surface area contributed by atoms with Crippen LogP contribution in [0.25, 0.3) is 5.65 Å². The van der Waals surface area contributed by atoms with E-state index in [1.807, 2.05) is 23.2 Å². The lowest BCUT2D eigenvalue weighted by atomic mass is 9.93. The molecule has 1 aliphatic heterocycles. The highest BCUT2D eigenvalue weighted by atomic mass is 16.2. The van der Waals surface area contributed by atoms with Gasteiger partial charge in [-0.1, -0.05) is 6.07 Å². The summed E-state index contributed by atoms with van der Waals surface area (Å²) in [4.78, 5) is 23.5. The van der Waals surface area contributed by atoms with Gasteiger partial charge in [0.05, 0.1) is 6.20 Å². The van der Waals surface area contributed by atoms with Crippen LogP contribution < -0.4 is 0 Å². The number of carbonyl (C=O) groups excluding carboxylic acids is 1. The van der Waals surface area contributed by atoms with Crippen molar-refractivity contribution in [3.8, 4) is 0 Å². The van der Waals surface area contributed by atoms with Gasteiger partial charge in [-0.05, 0) is 43.4 Å². The van der Waals surface area contributed by atoms with E-state index in [0.717, 1.165) is 38.0 Å². The SMILES string of the molecule is O=C(c1cnn2cccnc12)N1CCCC(Cc2ccccn2)C1. The van der Waals surface area contributed by atoms with Gasteiger partial charge in [-0.15, -0.1) is 0 Å². The van der Waals surface area contributed by atoms with Crippen LogP contribution in [0.4, 0.5) is 0 Å². The fraction of sp³-hybridized carbons (Fsp3) is 0.333. The molecule has 6 nitrogen and oxygen atoms in total. The number of carbonyl (C=O) groups is 1. The minimum absolute atomic E-state index is 0.0226. The van der Waals surface area contributed by atoms with Gasteiger partial charge in [0.2, 0.25) is 0 Å². The van der Waals surface area contributed by atoms with Crippen molar-refractivity contribution in [3.05, 3.63) is 60.3 Å². The predicted molar refractivity (Wildman–Crippen MR) is 89.6 cm³/mol. The standard InChI is InChI=1S/C18H19N5O/c24-18(16-12-21-23-10-4-8-20-17(16)23)22-9-3-5-14(13-22)11-15-6-1-2-7-19-15/h1-2,4,6-8,10,12,14H,3,5,9,11,13H2. The second-order valence-corrected chi connectivity index (χ2v) is 6.23. The van der Waals surface area contributed by atoms with Crippen LogP contribution >= 0.6 is 0 Å². The van der Waals surface area contributed by atoms with Gasteiger partial charge < -0.3 is 4.90 Å². The number of nitrogens with zero attached hydrogens (tertiary/aromatic N) is 5. The summed E-state index contributed by atoms with van der Waals surface area (Å²) in [6.45, 7) is 1.56. The average molecular weight is 321 g/mol. The summed E-state index contributed by atoms with van der Waals surface area (Å²) in [7, 11) is 0. The molecular formula is C18H19N5O. The van der Waals surface area contributed by atoms with Crippen LogP contribution in [-0.2, 0) is 6.42 Å². The summed E-state index contributed by atoms with van der Waals surface area (Å²) in [5.74, 6) is 0.474. The molecule has 122 valence electrons. The Labute approximate surface area is 140 Å². The predicted octanol–water partition coefficient (Wildman–Crippen LogP) is 2.22. The number of fused-ring (bicyclic) bond motifs is 1. The molecule has 0 saturated carbocycles. The van der Waals surface area contributed by atoms with Crippen molar-refractivity contribution in [1.29, 1.82) is 0 Å². The molecule has 6 heteroatoms. The molecule has 1 amide bonds. The molecule has 24 heavy (non-hydrogen) atoms. The molecule has 1 saturated heterocycles. The van der Waals surface area contributed by atoms with E-state index in [2.05, 4.69) is 21.1 Å². The molecule has 3 aromatic rings. The first-order valence-electron chi connectivity index (χ1n) is 8.29. The third kappa shape index (κ3) is 2.87. The highest BCUT2D eigenvalue weighted by Gasteiger charge is 2.27. The summed E-state index contributed by atoms with van der Waals surface area (Å²) in [6, 6.07) is 7.80. The Balaban J connectivity index is 1.50. The van der Waals surface area contributed by atoms with Crippen molar-refractivity contribution in [2.75, 3.05) is 13.1 Å². The second kappa shape index (κ2) is 6.39. The summed E-state index contributed by atoms with van der Waals surface area (Å²) >= 11 is 0. The lowest BCUT2D eigenvalue weighted by Gasteiger charge is -2.32. The van der Waals surface area contributed by atoms with Gasteiger partial charge in [0.1, 0.15) is 5.56 Å². The molecule has 4 heterocycles. The molecule has 0 bridgehead atoms. The van der Waals surface area contributed by atoms with Crippen molar-refractivity contribution in [2.24, 2.45) is 5.92 Å². The summed E-state index contributed by atoms with van der Waals surface area (Å²) < 4.78 is 1.64. The van der Waals surface area contributed by atoms with E-state index < -0.39 is 0 Å². The number of pyridine rings is 1. The zero-order valence-electron chi connectivity index (χ0n) is 13.4. The van der Waals surface area contributed by atoms with Crippen LogP contribution in [-0.4, -0.2) is 43.5 Å². The Hall–Kier alpha value is -2.76. The van der Waals surface area contributed by atoms with Gasteiger partial charge in [-0.3, -0.25) is 9.78 Å². The molecule has 0 aliphatic carbocycles. The van der Waals surface area contributed by atoms with E-state index in [1.54, 1.807) is 29.2 Å². The number of likely N-dealkylation sites (tertiary alicyclic amines) is 1. The van der Waals surface area contributed by atoms with Gasteiger partial charge in [0.15, 0.2) is 5.65 Å². The maximum absolute atomic E-state index is 12.9. The fourth-order valence-electron chi connectivity index (χ4n) is 3.38. The molecule has 3 aromatic heterocycles. The molecule has 0 N–H and O–H groups in total. The Morgan fingerprint density at radius 3 is 3.00 bits per heavy atom. The minimum atomic E-state index is 0.0226. The summed E-state index contributed by atoms with van der Waals surface area (Å²) in [6.07, 6.45) is 10.0. The maximum Gasteiger partial charge on any atom is 0.259 e. The zero-order chi connectivity index (χ0) is 16.4.